The van der Waals surface area contributed by atoms with E-state index in [2.05, 4.69) is 0 Å². The Balaban J connectivity index is 2.06. The van der Waals surface area contributed by atoms with Crippen LogP contribution in [0.3, 0.4) is 0 Å². The Morgan fingerprint density at radius 3 is 2.39 bits per heavy atom. The van der Waals surface area contributed by atoms with E-state index in [1.807, 2.05) is 0 Å². The molecule has 0 spiro atoms. The first-order valence-electron chi connectivity index (χ1n) is 7.17. The van der Waals surface area contributed by atoms with Crippen LogP contribution >= 0.6 is 0 Å². The largest absolute Gasteiger partial charge is 0.481 e. The first kappa shape index (κ1) is 15.9. The van der Waals surface area contributed by atoms with Crippen molar-refractivity contribution in [2.75, 3.05) is 0 Å². The fraction of sp³-hybridized carbons (Fsp3) is 0.467. The van der Waals surface area contributed by atoms with Crippen LogP contribution in [-0.2, 0) is 19.4 Å². The van der Waals surface area contributed by atoms with Crippen molar-refractivity contribution in [3.05, 3.63) is 29.8 Å². The second-order valence-corrected chi connectivity index (χ2v) is 8.50. The highest BCUT2D eigenvalue weighted by molar-refractivity contribution is 7.92. The highest BCUT2D eigenvalue weighted by Gasteiger charge is 2.76. The van der Waals surface area contributed by atoms with Crippen molar-refractivity contribution in [3.8, 4) is 0 Å². The standard InChI is InChI=1S/C15H17NO6S/c1-7-4-2-3-5-8(7)23(21,22)9-6-15(16,14(19)20)12-10(9)11(12)13(17)18/h2-5,9-12H,6,16H2,1H3,(H,17,18)(H,19,20). The Kier molecular flexibility index (Phi) is 3.32. The van der Waals surface area contributed by atoms with Crippen LogP contribution in [0.15, 0.2) is 29.2 Å². The van der Waals surface area contributed by atoms with Crippen LogP contribution in [0.2, 0.25) is 0 Å². The number of carboxylic acids is 2. The smallest absolute Gasteiger partial charge is 0.324 e. The van der Waals surface area contributed by atoms with Gasteiger partial charge in [0.1, 0.15) is 5.54 Å². The molecular formula is C15H17NO6S. The van der Waals surface area contributed by atoms with E-state index >= 15 is 0 Å². The molecule has 0 aromatic heterocycles. The van der Waals surface area contributed by atoms with Crippen LogP contribution in [-0.4, -0.2) is 41.4 Å². The number of rotatable bonds is 4. The summed E-state index contributed by atoms with van der Waals surface area (Å²) in [5, 5.41) is 17.5. The van der Waals surface area contributed by atoms with Crippen molar-refractivity contribution in [3.63, 3.8) is 0 Å². The molecule has 2 aliphatic carbocycles. The molecule has 0 bridgehead atoms. The van der Waals surface area contributed by atoms with Gasteiger partial charge in [-0.1, -0.05) is 18.2 Å². The second-order valence-electron chi connectivity index (χ2n) is 6.37. The van der Waals surface area contributed by atoms with E-state index in [9.17, 15) is 28.2 Å². The number of benzene rings is 1. The maximum atomic E-state index is 12.9. The molecule has 3 rings (SSSR count). The van der Waals surface area contributed by atoms with Gasteiger partial charge in [0.05, 0.1) is 16.1 Å². The predicted octanol–water partition coefficient (Wildman–Crippen LogP) is 0.270. The zero-order valence-corrected chi connectivity index (χ0v) is 13.2. The van der Waals surface area contributed by atoms with E-state index in [1.165, 1.54) is 6.07 Å². The van der Waals surface area contributed by atoms with E-state index in [-0.39, 0.29) is 11.3 Å². The van der Waals surface area contributed by atoms with Gasteiger partial charge in [-0.05, 0) is 30.9 Å². The first-order chi connectivity index (χ1) is 10.6. The molecule has 2 aliphatic rings. The zero-order valence-electron chi connectivity index (χ0n) is 12.3. The number of fused-ring (bicyclic) bond motifs is 1. The van der Waals surface area contributed by atoms with Gasteiger partial charge in [-0.3, -0.25) is 9.59 Å². The molecule has 0 heterocycles. The van der Waals surface area contributed by atoms with Crippen LogP contribution in [0.4, 0.5) is 0 Å². The third kappa shape index (κ3) is 2.08. The van der Waals surface area contributed by atoms with Crippen LogP contribution in [0.25, 0.3) is 0 Å². The van der Waals surface area contributed by atoms with Gasteiger partial charge >= 0.3 is 11.9 Å². The molecular weight excluding hydrogens is 322 g/mol. The molecule has 5 unspecified atom stereocenters. The molecule has 4 N–H and O–H groups in total. The molecule has 8 heteroatoms. The number of carboxylic acid groups (broad SMARTS) is 2. The van der Waals surface area contributed by atoms with E-state index in [0.29, 0.717) is 5.56 Å². The number of nitrogens with two attached hydrogens (primary N) is 1. The third-order valence-corrected chi connectivity index (χ3v) is 7.47. The minimum absolute atomic E-state index is 0.106. The van der Waals surface area contributed by atoms with Gasteiger partial charge in [-0.25, -0.2) is 8.42 Å². The van der Waals surface area contributed by atoms with E-state index < -0.39 is 50.3 Å². The highest BCUT2D eigenvalue weighted by Crippen LogP contribution is 2.63. The molecule has 1 aromatic rings. The normalized spacial score (nSPS) is 35.6. The van der Waals surface area contributed by atoms with Gasteiger partial charge in [0, 0.05) is 5.92 Å². The Bertz CT molecular complexity index is 804. The number of hydrogen-bond donors (Lipinski definition) is 3. The Labute approximate surface area is 133 Å². The summed E-state index contributed by atoms with van der Waals surface area (Å²) in [6.45, 7) is 1.65. The van der Waals surface area contributed by atoms with Crippen LogP contribution in [0.5, 0.6) is 0 Å². The molecule has 2 fully saturated rings. The number of hydrogen-bond acceptors (Lipinski definition) is 5. The lowest BCUT2D eigenvalue weighted by Gasteiger charge is -2.24. The van der Waals surface area contributed by atoms with Crippen molar-refractivity contribution >= 4 is 21.8 Å². The van der Waals surface area contributed by atoms with Crippen LogP contribution in [0.1, 0.15) is 12.0 Å². The number of sulfone groups is 1. The lowest BCUT2D eigenvalue weighted by Crippen LogP contribution is -2.51. The van der Waals surface area contributed by atoms with E-state index in [4.69, 9.17) is 5.73 Å². The summed E-state index contributed by atoms with van der Waals surface area (Å²) in [6.07, 6.45) is -0.266. The summed E-state index contributed by atoms with van der Waals surface area (Å²) < 4.78 is 25.9. The number of aliphatic carboxylic acids is 2. The third-order valence-electron chi connectivity index (χ3n) is 5.12. The SMILES string of the molecule is Cc1ccccc1S(=O)(=O)C1CC(N)(C(=O)O)C2C(C(=O)O)C21. The van der Waals surface area contributed by atoms with Crippen LogP contribution < -0.4 is 5.73 Å². The molecule has 7 nitrogen and oxygen atoms in total. The summed E-state index contributed by atoms with van der Waals surface area (Å²) in [4.78, 5) is 22.9. The molecule has 2 saturated carbocycles. The minimum atomic E-state index is -3.85. The van der Waals surface area contributed by atoms with Gasteiger partial charge in [0.2, 0.25) is 0 Å². The summed E-state index contributed by atoms with van der Waals surface area (Å²) in [5.41, 5.74) is 4.62. The average Bonchev–Trinajstić information content (AvgIpc) is 3.12. The lowest BCUT2D eigenvalue weighted by molar-refractivity contribution is -0.145. The molecule has 1 aromatic carbocycles. The average molecular weight is 339 g/mol. The summed E-state index contributed by atoms with van der Waals surface area (Å²) in [5.74, 6) is -5.16. The summed E-state index contributed by atoms with van der Waals surface area (Å²) >= 11 is 0. The number of aryl methyl sites for hydroxylation is 1. The lowest BCUT2D eigenvalue weighted by atomic mass is 9.91. The van der Waals surface area contributed by atoms with Crippen molar-refractivity contribution in [2.45, 2.75) is 29.0 Å². The van der Waals surface area contributed by atoms with Crippen molar-refractivity contribution < 1.29 is 28.2 Å². The molecule has 0 amide bonds. The van der Waals surface area contributed by atoms with Gasteiger partial charge in [0.25, 0.3) is 0 Å². The molecule has 5 atom stereocenters. The maximum absolute atomic E-state index is 12.9. The fourth-order valence-corrected chi connectivity index (χ4v) is 6.33. The zero-order chi connectivity index (χ0) is 17.2. The van der Waals surface area contributed by atoms with Crippen molar-refractivity contribution in [1.82, 2.24) is 0 Å². The maximum Gasteiger partial charge on any atom is 0.324 e. The molecule has 23 heavy (non-hydrogen) atoms. The van der Waals surface area contributed by atoms with Gasteiger partial charge < -0.3 is 15.9 Å². The minimum Gasteiger partial charge on any atom is -0.481 e. The Morgan fingerprint density at radius 2 is 1.87 bits per heavy atom. The monoisotopic (exact) mass is 339 g/mol. The van der Waals surface area contributed by atoms with Gasteiger partial charge in [-0.2, -0.15) is 0 Å². The molecule has 0 aliphatic heterocycles. The highest BCUT2D eigenvalue weighted by atomic mass is 32.2. The number of carbonyl (C=O) groups is 2. The topological polar surface area (TPSA) is 135 Å². The summed E-state index contributed by atoms with van der Waals surface area (Å²) in [6, 6.07) is 6.39. The first-order valence-corrected chi connectivity index (χ1v) is 8.71. The van der Waals surface area contributed by atoms with E-state index in [1.54, 1.807) is 25.1 Å². The molecule has 124 valence electrons. The fourth-order valence-electron chi connectivity index (χ4n) is 3.97. The van der Waals surface area contributed by atoms with Crippen molar-refractivity contribution in [1.29, 1.82) is 0 Å². The van der Waals surface area contributed by atoms with E-state index in [0.717, 1.165) is 0 Å². The molecule has 0 saturated heterocycles. The predicted molar refractivity (Wildman–Crippen MR) is 79.4 cm³/mol. The molecule has 0 radical (unpaired) electrons. The van der Waals surface area contributed by atoms with Gasteiger partial charge in [-0.15, -0.1) is 0 Å². The Morgan fingerprint density at radius 1 is 1.26 bits per heavy atom. The quantitative estimate of drug-likeness (QED) is 0.716. The Hall–Kier alpha value is -1.93. The van der Waals surface area contributed by atoms with Crippen molar-refractivity contribution in [2.24, 2.45) is 23.5 Å². The second kappa shape index (κ2) is 4.78. The summed E-state index contributed by atoms with van der Waals surface area (Å²) in [7, 11) is -3.85. The van der Waals surface area contributed by atoms with Gasteiger partial charge in [0.15, 0.2) is 9.84 Å². The van der Waals surface area contributed by atoms with Crippen LogP contribution in [0, 0.1) is 24.7 Å².